The highest BCUT2D eigenvalue weighted by Crippen LogP contribution is 1.98. The summed E-state index contributed by atoms with van der Waals surface area (Å²) in [7, 11) is 0. The van der Waals surface area contributed by atoms with Gasteiger partial charge in [-0.2, -0.15) is 0 Å². The number of rotatable bonds is 2. The Bertz CT molecular complexity index is 188. The second-order valence-electron chi connectivity index (χ2n) is 3.09. The monoisotopic (exact) mass is 202 g/mol. The lowest BCUT2D eigenvalue weighted by molar-refractivity contribution is -0.134. The third kappa shape index (κ3) is 6.28. The van der Waals surface area contributed by atoms with Crippen LogP contribution >= 0.6 is 0 Å². The average molecular weight is 202 g/mol. The summed E-state index contributed by atoms with van der Waals surface area (Å²) in [5.41, 5.74) is 0. The zero-order chi connectivity index (χ0) is 11.0. The molecule has 0 radical (unpaired) electrons. The van der Waals surface area contributed by atoms with Gasteiger partial charge in [-0.25, -0.2) is 4.79 Å². The second kappa shape index (κ2) is 7.17. The summed E-state index contributed by atoms with van der Waals surface area (Å²) < 4.78 is 0. The summed E-state index contributed by atoms with van der Waals surface area (Å²) in [5.74, 6) is -0.833. The number of hydrogen-bond donors (Lipinski definition) is 2. The Morgan fingerprint density at radius 3 is 2.64 bits per heavy atom. The van der Waals surface area contributed by atoms with Crippen molar-refractivity contribution in [2.75, 3.05) is 19.6 Å². The van der Waals surface area contributed by atoms with E-state index in [1.165, 1.54) is 0 Å². The van der Waals surface area contributed by atoms with Gasteiger partial charge in [0.2, 0.25) is 0 Å². The molecule has 5 heteroatoms. The van der Waals surface area contributed by atoms with Crippen LogP contribution in [0.2, 0.25) is 0 Å². The van der Waals surface area contributed by atoms with Crippen molar-refractivity contribution in [3.8, 4) is 0 Å². The molecule has 2 amide bonds. The zero-order valence-corrected chi connectivity index (χ0v) is 8.75. The SMILES string of the molecule is CC(=O)O.CCCN1CCCNC1=O. The molecular formula is C9H18N2O3. The van der Waals surface area contributed by atoms with Crippen LogP contribution < -0.4 is 5.32 Å². The van der Waals surface area contributed by atoms with E-state index in [4.69, 9.17) is 9.90 Å². The highest BCUT2D eigenvalue weighted by Gasteiger charge is 2.14. The largest absolute Gasteiger partial charge is 0.481 e. The van der Waals surface area contributed by atoms with E-state index < -0.39 is 5.97 Å². The molecule has 14 heavy (non-hydrogen) atoms. The minimum absolute atomic E-state index is 0.105. The van der Waals surface area contributed by atoms with Crippen molar-refractivity contribution >= 4 is 12.0 Å². The van der Waals surface area contributed by atoms with Gasteiger partial charge in [0.15, 0.2) is 0 Å². The van der Waals surface area contributed by atoms with Gasteiger partial charge >= 0.3 is 6.03 Å². The van der Waals surface area contributed by atoms with Crippen LogP contribution in [0.1, 0.15) is 26.7 Å². The van der Waals surface area contributed by atoms with Gasteiger partial charge in [0.25, 0.3) is 5.97 Å². The number of nitrogens with one attached hydrogen (secondary N) is 1. The number of carbonyl (C=O) groups is 2. The molecule has 0 atom stereocenters. The average Bonchev–Trinajstić information content (AvgIpc) is 2.08. The Labute approximate surface area is 84.1 Å². The lowest BCUT2D eigenvalue weighted by Crippen LogP contribution is -2.46. The van der Waals surface area contributed by atoms with E-state index in [0.717, 1.165) is 39.4 Å². The third-order valence-electron chi connectivity index (χ3n) is 1.66. The predicted molar refractivity (Wildman–Crippen MR) is 53.2 cm³/mol. The van der Waals surface area contributed by atoms with Gasteiger partial charge in [-0.15, -0.1) is 0 Å². The minimum atomic E-state index is -0.833. The number of amides is 2. The van der Waals surface area contributed by atoms with Crippen molar-refractivity contribution in [3.05, 3.63) is 0 Å². The lowest BCUT2D eigenvalue weighted by Gasteiger charge is -2.26. The van der Waals surface area contributed by atoms with Crippen molar-refractivity contribution in [2.24, 2.45) is 0 Å². The van der Waals surface area contributed by atoms with E-state index >= 15 is 0 Å². The number of carbonyl (C=O) groups excluding carboxylic acids is 1. The van der Waals surface area contributed by atoms with Gasteiger partial charge in [-0.3, -0.25) is 4.79 Å². The Morgan fingerprint density at radius 2 is 2.21 bits per heavy atom. The van der Waals surface area contributed by atoms with Gasteiger partial charge < -0.3 is 15.3 Å². The van der Waals surface area contributed by atoms with Crippen molar-refractivity contribution in [3.63, 3.8) is 0 Å². The standard InChI is InChI=1S/C7H14N2O.C2H4O2/c1-2-5-9-6-3-4-8-7(9)10;1-2(3)4/h2-6H2,1H3,(H,8,10);1H3,(H,3,4). The maximum absolute atomic E-state index is 11.0. The predicted octanol–water partition coefficient (Wildman–Crippen LogP) is 0.903. The molecule has 0 aliphatic carbocycles. The molecule has 0 aromatic carbocycles. The van der Waals surface area contributed by atoms with E-state index in [1.54, 1.807) is 0 Å². The first kappa shape index (κ1) is 12.7. The topological polar surface area (TPSA) is 69.6 Å². The summed E-state index contributed by atoms with van der Waals surface area (Å²) in [6.07, 6.45) is 2.14. The van der Waals surface area contributed by atoms with Crippen LogP contribution in [0.15, 0.2) is 0 Å². The maximum Gasteiger partial charge on any atom is 0.317 e. The van der Waals surface area contributed by atoms with Crippen LogP contribution in [0.3, 0.4) is 0 Å². The summed E-state index contributed by atoms with van der Waals surface area (Å²) in [6, 6.07) is 0.105. The number of hydrogen-bond acceptors (Lipinski definition) is 2. The number of carboxylic acids is 1. The van der Waals surface area contributed by atoms with Gasteiger partial charge in [0.1, 0.15) is 0 Å². The highest BCUT2D eigenvalue weighted by atomic mass is 16.4. The third-order valence-corrected chi connectivity index (χ3v) is 1.66. The molecule has 0 bridgehead atoms. The number of carboxylic acid groups (broad SMARTS) is 1. The van der Waals surface area contributed by atoms with Crippen molar-refractivity contribution < 1.29 is 14.7 Å². The molecule has 1 fully saturated rings. The first-order valence-electron chi connectivity index (χ1n) is 4.80. The first-order chi connectivity index (χ1) is 6.57. The second-order valence-corrected chi connectivity index (χ2v) is 3.09. The normalized spacial score (nSPS) is 15.3. The maximum atomic E-state index is 11.0. The van der Waals surface area contributed by atoms with E-state index in [9.17, 15) is 4.79 Å². The molecule has 1 aliphatic rings. The van der Waals surface area contributed by atoms with E-state index in [1.807, 2.05) is 4.90 Å². The fourth-order valence-corrected chi connectivity index (χ4v) is 1.16. The van der Waals surface area contributed by atoms with Gasteiger partial charge in [-0.05, 0) is 12.8 Å². The zero-order valence-electron chi connectivity index (χ0n) is 8.75. The summed E-state index contributed by atoms with van der Waals surface area (Å²) >= 11 is 0. The lowest BCUT2D eigenvalue weighted by atomic mass is 10.3. The highest BCUT2D eigenvalue weighted by molar-refractivity contribution is 5.74. The Morgan fingerprint density at radius 1 is 1.64 bits per heavy atom. The molecule has 1 saturated heterocycles. The molecule has 1 rings (SSSR count). The van der Waals surface area contributed by atoms with Crippen molar-refractivity contribution in [1.29, 1.82) is 0 Å². The Hall–Kier alpha value is -1.26. The van der Waals surface area contributed by atoms with Crippen LogP contribution in [0.25, 0.3) is 0 Å². The van der Waals surface area contributed by atoms with Crippen LogP contribution in [-0.2, 0) is 4.79 Å². The fraction of sp³-hybridized carbons (Fsp3) is 0.778. The first-order valence-corrected chi connectivity index (χ1v) is 4.80. The minimum Gasteiger partial charge on any atom is -0.481 e. The molecule has 0 saturated carbocycles. The fourth-order valence-electron chi connectivity index (χ4n) is 1.16. The number of urea groups is 1. The molecule has 0 aromatic rings. The molecule has 0 aromatic heterocycles. The van der Waals surface area contributed by atoms with Crippen LogP contribution in [0.4, 0.5) is 4.79 Å². The van der Waals surface area contributed by atoms with Crippen LogP contribution in [0.5, 0.6) is 0 Å². The molecule has 0 spiro atoms. The van der Waals surface area contributed by atoms with Crippen LogP contribution in [0, 0.1) is 0 Å². The molecule has 0 unspecified atom stereocenters. The van der Waals surface area contributed by atoms with Gasteiger partial charge in [0.05, 0.1) is 0 Å². The van der Waals surface area contributed by atoms with Crippen molar-refractivity contribution in [2.45, 2.75) is 26.7 Å². The summed E-state index contributed by atoms with van der Waals surface area (Å²) in [5, 5.41) is 10.2. The Kier molecular flexibility index (Phi) is 6.53. The van der Waals surface area contributed by atoms with E-state index in [-0.39, 0.29) is 6.03 Å². The number of aliphatic carboxylic acids is 1. The molecule has 82 valence electrons. The summed E-state index contributed by atoms with van der Waals surface area (Å²) in [4.78, 5) is 21.9. The molecule has 1 heterocycles. The van der Waals surface area contributed by atoms with E-state index in [2.05, 4.69) is 12.2 Å². The van der Waals surface area contributed by atoms with Crippen molar-refractivity contribution in [1.82, 2.24) is 10.2 Å². The van der Waals surface area contributed by atoms with Gasteiger partial charge in [0, 0.05) is 26.6 Å². The molecule has 1 aliphatic heterocycles. The smallest absolute Gasteiger partial charge is 0.317 e. The molecular weight excluding hydrogens is 184 g/mol. The van der Waals surface area contributed by atoms with E-state index in [0.29, 0.717) is 0 Å². The number of nitrogens with zero attached hydrogens (tertiary/aromatic N) is 1. The molecule has 2 N–H and O–H groups in total. The van der Waals surface area contributed by atoms with Crippen LogP contribution in [-0.4, -0.2) is 41.6 Å². The summed E-state index contributed by atoms with van der Waals surface area (Å²) in [6.45, 7) is 5.84. The molecule has 5 nitrogen and oxygen atoms in total. The quantitative estimate of drug-likeness (QED) is 0.699. The Balaban J connectivity index is 0.000000364. The van der Waals surface area contributed by atoms with Gasteiger partial charge in [-0.1, -0.05) is 6.92 Å².